The third-order valence-corrected chi connectivity index (χ3v) is 2.28. The highest BCUT2D eigenvalue weighted by Gasteiger charge is 2.10. The molecule has 0 unspecified atom stereocenters. The van der Waals surface area contributed by atoms with Gasteiger partial charge in [0.2, 0.25) is 0 Å². The molecule has 0 aromatic carbocycles. The number of halogens is 1. The number of aliphatic hydroxyl groups is 1. The first-order valence-electron chi connectivity index (χ1n) is 4.95. The lowest BCUT2D eigenvalue weighted by atomic mass is 10.3. The second-order valence-corrected chi connectivity index (χ2v) is 3.69. The van der Waals surface area contributed by atoms with E-state index in [0.29, 0.717) is 23.1 Å². The van der Waals surface area contributed by atoms with Gasteiger partial charge in [0.05, 0.1) is 23.5 Å². The van der Waals surface area contributed by atoms with Crippen molar-refractivity contribution in [1.82, 2.24) is 4.98 Å². The summed E-state index contributed by atoms with van der Waals surface area (Å²) in [6.45, 7) is 3.50. The van der Waals surface area contributed by atoms with Crippen LogP contribution in [0.3, 0.4) is 0 Å². The third-order valence-electron chi connectivity index (χ3n) is 2.01. The van der Waals surface area contributed by atoms with E-state index in [9.17, 15) is 0 Å². The molecule has 4 nitrogen and oxygen atoms in total. The number of hydrogen-bond acceptors (Lipinski definition) is 4. The molecule has 15 heavy (non-hydrogen) atoms. The first-order valence-corrected chi connectivity index (χ1v) is 5.33. The van der Waals surface area contributed by atoms with Gasteiger partial charge in [0, 0.05) is 13.1 Å². The fraction of sp³-hybridized carbons (Fsp3) is 0.500. The van der Waals surface area contributed by atoms with Crippen LogP contribution in [0.25, 0.3) is 0 Å². The molecule has 5 heteroatoms. The first kappa shape index (κ1) is 12.1. The van der Waals surface area contributed by atoms with Crippen molar-refractivity contribution in [3.8, 4) is 0 Å². The molecule has 0 atom stereocenters. The minimum atomic E-state index is 0.0857. The maximum absolute atomic E-state index is 8.93. The average molecular weight is 230 g/mol. The molecule has 0 spiro atoms. The molecule has 0 aliphatic carbocycles. The van der Waals surface area contributed by atoms with E-state index in [2.05, 4.69) is 11.9 Å². The van der Waals surface area contributed by atoms with E-state index in [-0.39, 0.29) is 6.61 Å². The number of nitrogen functional groups attached to an aromatic ring is 1. The molecule has 1 heterocycles. The molecule has 0 amide bonds. The largest absolute Gasteiger partial charge is 0.397 e. The lowest BCUT2D eigenvalue weighted by Crippen LogP contribution is -2.28. The minimum Gasteiger partial charge on any atom is -0.397 e. The number of rotatable bonds is 5. The predicted octanol–water partition coefficient (Wildman–Crippen LogP) is 1.53. The van der Waals surface area contributed by atoms with Crippen LogP contribution in [0.5, 0.6) is 0 Å². The molecular formula is C10H16ClN3O. The molecule has 3 N–H and O–H groups in total. The van der Waals surface area contributed by atoms with Crippen molar-refractivity contribution in [2.24, 2.45) is 0 Å². The van der Waals surface area contributed by atoms with Gasteiger partial charge in [-0.05, 0) is 12.5 Å². The molecule has 1 aromatic rings. The van der Waals surface area contributed by atoms with Crippen molar-refractivity contribution in [1.29, 1.82) is 0 Å². The van der Waals surface area contributed by atoms with E-state index in [4.69, 9.17) is 22.4 Å². The normalized spacial score (nSPS) is 10.3. The summed E-state index contributed by atoms with van der Waals surface area (Å²) in [6.07, 6.45) is 2.55. The Kier molecular flexibility index (Phi) is 4.65. The summed E-state index contributed by atoms with van der Waals surface area (Å²) in [5.74, 6) is 0.682. The Labute approximate surface area is 94.7 Å². The average Bonchev–Trinajstić information content (AvgIpc) is 2.17. The number of nitrogens with two attached hydrogens (primary N) is 1. The van der Waals surface area contributed by atoms with Crippen molar-refractivity contribution in [2.75, 3.05) is 30.3 Å². The van der Waals surface area contributed by atoms with Gasteiger partial charge < -0.3 is 15.7 Å². The predicted molar refractivity (Wildman–Crippen MR) is 63.2 cm³/mol. The fourth-order valence-corrected chi connectivity index (χ4v) is 1.69. The Bertz CT molecular complexity index is 314. The molecule has 0 fully saturated rings. The van der Waals surface area contributed by atoms with Gasteiger partial charge in [0.15, 0.2) is 0 Å². The van der Waals surface area contributed by atoms with Crippen LogP contribution < -0.4 is 10.6 Å². The van der Waals surface area contributed by atoms with Crippen LogP contribution in [0.15, 0.2) is 12.3 Å². The van der Waals surface area contributed by atoms with Crippen LogP contribution in [0.2, 0.25) is 5.02 Å². The fourth-order valence-electron chi connectivity index (χ4n) is 1.39. The summed E-state index contributed by atoms with van der Waals surface area (Å²) < 4.78 is 0. The summed E-state index contributed by atoms with van der Waals surface area (Å²) in [4.78, 5) is 6.12. The molecule has 0 aliphatic rings. The molecular weight excluding hydrogens is 214 g/mol. The van der Waals surface area contributed by atoms with Crippen LogP contribution in [-0.4, -0.2) is 29.8 Å². The number of anilines is 2. The highest BCUT2D eigenvalue weighted by atomic mass is 35.5. The second kappa shape index (κ2) is 5.78. The lowest BCUT2D eigenvalue weighted by molar-refractivity contribution is 0.301. The van der Waals surface area contributed by atoms with E-state index in [1.54, 1.807) is 12.3 Å². The zero-order valence-electron chi connectivity index (χ0n) is 8.78. The molecule has 0 saturated heterocycles. The second-order valence-electron chi connectivity index (χ2n) is 3.28. The molecule has 0 radical (unpaired) electrons. The molecule has 1 aromatic heterocycles. The first-order chi connectivity index (χ1) is 7.19. The summed E-state index contributed by atoms with van der Waals surface area (Å²) in [5, 5.41) is 9.46. The van der Waals surface area contributed by atoms with E-state index in [1.807, 2.05) is 4.90 Å². The Morgan fingerprint density at radius 1 is 1.53 bits per heavy atom. The summed E-state index contributed by atoms with van der Waals surface area (Å²) in [6, 6.07) is 1.67. The van der Waals surface area contributed by atoms with Crippen LogP contribution in [-0.2, 0) is 0 Å². The quantitative estimate of drug-likeness (QED) is 0.804. The number of nitrogens with zero attached hydrogens (tertiary/aromatic N) is 2. The maximum Gasteiger partial charge on any atom is 0.147 e. The molecule has 0 saturated carbocycles. The highest BCUT2D eigenvalue weighted by Crippen LogP contribution is 2.24. The smallest absolute Gasteiger partial charge is 0.147 e. The number of aromatic nitrogens is 1. The Balaban J connectivity index is 2.89. The van der Waals surface area contributed by atoms with E-state index in [0.717, 1.165) is 13.0 Å². The van der Waals surface area contributed by atoms with Gasteiger partial charge in [0.25, 0.3) is 0 Å². The van der Waals surface area contributed by atoms with Crippen LogP contribution in [0, 0.1) is 0 Å². The molecule has 1 rings (SSSR count). The summed E-state index contributed by atoms with van der Waals surface area (Å²) >= 11 is 6.03. The zero-order chi connectivity index (χ0) is 11.3. The van der Waals surface area contributed by atoms with E-state index < -0.39 is 0 Å². The van der Waals surface area contributed by atoms with Gasteiger partial charge >= 0.3 is 0 Å². The molecule has 0 bridgehead atoms. The van der Waals surface area contributed by atoms with Gasteiger partial charge in [-0.15, -0.1) is 0 Å². The van der Waals surface area contributed by atoms with Crippen LogP contribution in [0.4, 0.5) is 11.5 Å². The number of hydrogen-bond donors (Lipinski definition) is 2. The van der Waals surface area contributed by atoms with Gasteiger partial charge in [-0.25, -0.2) is 4.98 Å². The van der Waals surface area contributed by atoms with Crippen molar-refractivity contribution in [3.05, 3.63) is 17.3 Å². The van der Waals surface area contributed by atoms with Crippen molar-refractivity contribution >= 4 is 23.1 Å². The zero-order valence-corrected chi connectivity index (χ0v) is 9.54. The Morgan fingerprint density at radius 2 is 2.27 bits per heavy atom. The van der Waals surface area contributed by atoms with Crippen molar-refractivity contribution < 1.29 is 5.11 Å². The third kappa shape index (κ3) is 3.25. The standard InChI is InChI=1S/C10H16ClN3O/c1-2-3-14(4-5-15)10-9(11)6-8(12)7-13-10/h6-7,15H,2-5,12H2,1H3. The maximum atomic E-state index is 8.93. The molecule has 84 valence electrons. The minimum absolute atomic E-state index is 0.0857. The Morgan fingerprint density at radius 3 is 2.80 bits per heavy atom. The number of aliphatic hydroxyl groups excluding tert-OH is 1. The van der Waals surface area contributed by atoms with Gasteiger partial charge in [0.1, 0.15) is 5.82 Å². The van der Waals surface area contributed by atoms with Crippen LogP contribution >= 0.6 is 11.6 Å². The topological polar surface area (TPSA) is 62.4 Å². The van der Waals surface area contributed by atoms with Crippen LogP contribution in [0.1, 0.15) is 13.3 Å². The van der Waals surface area contributed by atoms with Gasteiger partial charge in [-0.3, -0.25) is 0 Å². The van der Waals surface area contributed by atoms with Gasteiger partial charge in [-0.1, -0.05) is 18.5 Å². The Hall–Kier alpha value is -1.00. The van der Waals surface area contributed by atoms with Crippen molar-refractivity contribution in [3.63, 3.8) is 0 Å². The van der Waals surface area contributed by atoms with Crippen molar-refractivity contribution in [2.45, 2.75) is 13.3 Å². The van der Waals surface area contributed by atoms with E-state index in [1.165, 1.54) is 0 Å². The summed E-state index contributed by atoms with van der Waals surface area (Å²) in [7, 11) is 0. The lowest BCUT2D eigenvalue weighted by Gasteiger charge is -2.23. The summed E-state index contributed by atoms with van der Waals surface area (Å²) in [5.41, 5.74) is 6.11. The van der Waals surface area contributed by atoms with E-state index >= 15 is 0 Å². The highest BCUT2D eigenvalue weighted by molar-refractivity contribution is 6.33. The SMILES string of the molecule is CCCN(CCO)c1ncc(N)cc1Cl. The monoisotopic (exact) mass is 229 g/mol. The number of pyridine rings is 1. The molecule has 0 aliphatic heterocycles. The van der Waals surface area contributed by atoms with Gasteiger partial charge in [-0.2, -0.15) is 0 Å².